The van der Waals surface area contributed by atoms with E-state index in [-0.39, 0.29) is 24.0 Å². The summed E-state index contributed by atoms with van der Waals surface area (Å²) in [4.78, 5) is 48.6. The van der Waals surface area contributed by atoms with Gasteiger partial charge in [-0.05, 0) is 60.9 Å². The highest BCUT2D eigenvalue weighted by Gasteiger charge is 2.48. The predicted octanol–water partition coefficient (Wildman–Crippen LogP) is 3.99. The molecule has 0 aromatic carbocycles. The fraction of sp³-hybridized carbons (Fsp3) is 0.536. The van der Waals surface area contributed by atoms with Gasteiger partial charge in [0.1, 0.15) is 23.6 Å². The van der Waals surface area contributed by atoms with E-state index in [0.717, 1.165) is 30.6 Å². The van der Waals surface area contributed by atoms with Gasteiger partial charge in [-0.1, -0.05) is 25.8 Å². The van der Waals surface area contributed by atoms with Crippen LogP contribution in [0.5, 0.6) is 0 Å². The van der Waals surface area contributed by atoms with Crippen LogP contribution in [0.25, 0.3) is 0 Å². The number of pyridine rings is 2. The lowest BCUT2D eigenvalue weighted by atomic mass is 9.79. The summed E-state index contributed by atoms with van der Waals surface area (Å²) in [5, 5.41) is 7.61. The molecule has 13 heteroatoms. The molecule has 2 aromatic rings. The zero-order valence-corrected chi connectivity index (χ0v) is 23.2. The number of carbonyl (C=O) groups is 3. The van der Waals surface area contributed by atoms with Gasteiger partial charge in [0.15, 0.2) is 0 Å². The number of rotatable bonds is 9. The highest BCUT2D eigenvalue weighted by molar-refractivity contribution is 6.00. The first-order valence-corrected chi connectivity index (χ1v) is 13.6. The molecule has 10 nitrogen and oxygen atoms in total. The largest absolute Gasteiger partial charge is 0.410 e. The van der Waals surface area contributed by atoms with Crippen LogP contribution in [-0.4, -0.2) is 71.2 Å². The van der Waals surface area contributed by atoms with E-state index in [1.807, 2.05) is 5.32 Å². The van der Waals surface area contributed by atoms with Gasteiger partial charge in [-0.15, -0.1) is 0 Å². The van der Waals surface area contributed by atoms with E-state index in [1.54, 1.807) is 25.1 Å². The lowest BCUT2D eigenvalue weighted by Crippen LogP contribution is -2.49. The monoisotopic (exact) mass is 576 g/mol. The lowest BCUT2D eigenvalue weighted by Gasteiger charge is -2.32. The van der Waals surface area contributed by atoms with E-state index in [1.165, 1.54) is 25.6 Å². The van der Waals surface area contributed by atoms with Gasteiger partial charge >= 0.3 is 12.2 Å². The first-order chi connectivity index (χ1) is 19.5. The summed E-state index contributed by atoms with van der Waals surface area (Å²) in [7, 11) is 1.38. The van der Waals surface area contributed by atoms with Crippen molar-refractivity contribution in [3.05, 3.63) is 53.5 Å². The summed E-state index contributed by atoms with van der Waals surface area (Å²) >= 11 is 0. The fourth-order valence-electron chi connectivity index (χ4n) is 5.41. The number of ether oxygens (including phenoxy) is 1. The quantitative estimate of drug-likeness (QED) is 0.415. The minimum atomic E-state index is -4.59. The number of methoxy groups -OCH3 is 1. The molecule has 3 N–H and O–H groups in total. The van der Waals surface area contributed by atoms with Crippen LogP contribution >= 0.6 is 0 Å². The van der Waals surface area contributed by atoms with Gasteiger partial charge in [0, 0.05) is 19.5 Å². The molecule has 0 bridgehead atoms. The average molecular weight is 577 g/mol. The minimum Gasteiger partial charge on any atom is -0.382 e. The predicted molar refractivity (Wildman–Crippen MR) is 144 cm³/mol. The zero-order chi connectivity index (χ0) is 29.7. The van der Waals surface area contributed by atoms with Gasteiger partial charge in [-0.2, -0.15) is 13.2 Å². The number of carbonyl (C=O) groups excluding carboxylic acids is 3. The molecule has 222 valence electrons. The molecule has 2 fully saturated rings. The van der Waals surface area contributed by atoms with E-state index in [2.05, 4.69) is 27.5 Å². The van der Waals surface area contributed by atoms with E-state index in [9.17, 15) is 27.6 Å². The Morgan fingerprint density at radius 2 is 1.90 bits per heavy atom. The number of amides is 4. The SMILES string of the molecule is COCC(c1ccnc(NC(=O)[C@@H](NC(=O)c2ncccc2C)C2CCC(C)CC2)c1)N1C[C@@H](C(F)(F)F)NC1=O. The molecule has 1 aliphatic carbocycles. The molecular weight excluding hydrogens is 541 g/mol. The minimum absolute atomic E-state index is 0.0717. The van der Waals surface area contributed by atoms with Crippen LogP contribution in [-0.2, 0) is 9.53 Å². The third-order valence-electron chi connectivity index (χ3n) is 7.78. The molecule has 0 spiro atoms. The van der Waals surface area contributed by atoms with Crippen LogP contribution in [0.15, 0.2) is 36.7 Å². The normalized spacial score (nSPS) is 22.5. The second-order valence-electron chi connectivity index (χ2n) is 10.8. The Morgan fingerprint density at radius 1 is 1.17 bits per heavy atom. The van der Waals surface area contributed by atoms with Gasteiger partial charge in [0.25, 0.3) is 5.91 Å². The van der Waals surface area contributed by atoms with Crippen molar-refractivity contribution in [1.82, 2.24) is 25.5 Å². The van der Waals surface area contributed by atoms with Crippen LogP contribution in [0.4, 0.5) is 23.8 Å². The Kier molecular flexibility index (Phi) is 9.46. The van der Waals surface area contributed by atoms with Gasteiger partial charge in [0.05, 0.1) is 19.2 Å². The first-order valence-electron chi connectivity index (χ1n) is 13.6. The van der Waals surface area contributed by atoms with E-state index >= 15 is 0 Å². The lowest BCUT2D eigenvalue weighted by molar-refractivity contribution is -0.150. The third kappa shape index (κ3) is 7.32. The van der Waals surface area contributed by atoms with Crippen molar-refractivity contribution in [2.24, 2.45) is 11.8 Å². The highest BCUT2D eigenvalue weighted by atomic mass is 19.4. The van der Waals surface area contributed by atoms with Crippen molar-refractivity contribution in [2.75, 3.05) is 25.6 Å². The molecule has 0 radical (unpaired) electrons. The Balaban J connectivity index is 1.54. The number of hydrogen-bond donors (Lipinski definition) is 3. The van der Waals surface area contributed by atoms with Crippen LogP contribution in [0.3, 0.4) is 0 Å². The molecule has 1 aliphatic heterocycles. The number of hydrogen-bond acceptors (Lipinski definition) is 6. The molecule has 3 atom stereocenters. The molecule has 4 amide bonds. The van der Waals surface area contributed by atoms with Gasteiger partial charge in [-0.3, -0.25) is 14.6 Å². The van der Waals surface area contributed by atoms with Crippen molar-refractivity contribution in [1.29, 1.82) is 0 Å². The van der Waals surface area contributed by atoms with E-state index < -0.39 is 48.7 Å². The number of halogens is 3. The summed E-state index contributed by atoms with van der Waals surface area (Å²) in [6.07, 6.45) is 1.69. The third-order valence-corrected chi connectivity index (χ3v) is 7.78. The molecule has 1 saturated carbocycles. The van der Waals surface area contributed by atoms with Crippen LogP contribution in [0, 0.1) is 18.8 Å². The molecule has 1 unspecified atom stereocenters. The first kappa shape index (κ1) is 30.2. The molecule has 1 saturated heterocycles. The standard InChI is InChI=1S/C28H35F3N6O4/c1-16-6-8-18(9-7-16)24(36-25(38)23-17(2)5-4-11-33-23)26(39)35-22-13-19(10-12-32-22)20(15-41-3)37-14-21(28(29,30)31)34-27(37)40/h4-5,10-13,16,18,20-21,24H,6-9,14-15H2,1-3H3,(H,34,40)(H,36,38)(H,32,35,39)/t16?,18?,20?,21-,24-/m0/s1. The van der Waals surface area contributed by atoms with Crippen molar-refractivity contribution in [3.8, 4) is 0 Å². The zero-order valence-electron chi connectivity index (χ0n) is 23.2. The van der Waals surface area contributed by atoms with Crippen molar-refractivity contribution in [2.45, 2.75) is 63.8 Å². The number of nitrogens with zero attached hydrogens (tertiary/aromatic N) is 3. The molecule has 41 heavy (non-hydrogen) atoms. The Labute approximate surface area is 236 Å². The van der Waals surface area contributed by atoms with E-state index in [0.29, 0.717) is 17.0 Å². The summed E-state index contributed by atoms with van der Waals surface area (Å²) < 4.78 is 45.0. The molecule has 2 aromatic heterocycles. The number of urea groups is 1. The van der Waals surface area contributed by atoms with Crippen molar-refractivity contribution in [3.63, 3.8) is 0 Å². The number of aryl methyl sites for hydroxylation is 1. The maximum atomic E-state index is 13.6. The van der Waals surface area contributed by atoms with Crippen LogP contribution < -0.4 is 16.0 Å². The van der Waals surface area contributed by atoms with Gasteiger partial charge < -0.3 is 25.6 Å². The number of aromatic nitrogens is 2. The summed E-state index contributed by atoms with van der Waals surface area (Å²) in [5.74, 6) is -0.354. The van der Waals surface area contributed by atoms with Crippen molar-refractivity contribution < 1.29 is 32.3 Å². The molecule has 2 aliphatic rings. The molecular formula is C28H35F3N6O4. The Morgan fingerprint density at radius 3 is 2.54 bits per heavy atom. The molecule has 3 heterocycles. The Bertz CT molecular complexity index is 1250. The topological polar surface area (TPSA) is 126 Å². The fourth-order valence-corrected chi connectivity index (χ4v) is 5.41. The average Bonchev–Trinajstić information content (AvgIpc) is 3.33. The van der Waals surface area contributed by atoms with Crippen LogP contribution in [0.2, 0.25) is 0 Å². The maximum Gasteiger partial charge on any atom is 0.410 e. The second kappa shape index (κ2) is 12.8. The molecule has 4 rings (SSSR count). The summed E-state index contributed by atoms with van der Waals surface area (Å²) in [6.45, 7) is 3.27. The van der Waals surface area contributed by atoms with E-state index in [4.69, 9.17) is 4.74 Å². The van der Waals surface area contributed by atoms with Crippen molar-refractivity contribution >= 4 is 23.7 Å². The smallest absolute Gasteiger partial charge is 0.382 e. The summed E-state index contributed by atoms with van der Waals surface area (Å²) in [6, 6.07) is 1.98. The van der Waals surface area contributed by atoms with Gasteiger partial charge in [0.2, 0.25) is 5.91 Å². The van der Waals surface area contributed by atoms with Gasteiger partial charge in [-0.25, -0.2) is 9.78 Å². The highest BCUT2D eigenvalue weighted by Crippen LogP contribution is 2.32. The second-order valence-corrected chi connectivity index (χ2v) is 10.8. The van der Waals surface area contributed by atoms with Crippen LogP contribution in [0.1, 0.15) is 60.3 Å². The summed E-state index contributed by atoms with van der Waals surface area (Å²) in [5.41, 5.74) is 1.35. The number of alkyl halides is 3. The number of anilines is 1. The number of nitrogens with one attached hydrogen (secondary N) is 3. The maximum absolute atomic E-state index is 13.6. The Hall–Kier alpha value is -3.74.